The summed E-state index contributed by atoms with van der Waals surface area (Å²) in [5.41, 5.74) is 2.74. The first-order chi connectivity index (χ1) is 14.1. The van der Waals surface area contributed by atoms with E-state index < -0.39 is 13.5 Å². The molecule has 0 saturated carbocycles. The number of hydrogen-bond acceptors (Lipinski definition) is 5. The number of carbonyl (C=O) groups is 1. The molecule has 1 aromatic carbocycles. The number of aryl methyl sites for hydroxylation is 1. The van der Waals surface area contributed by atoms with Gasteiger partial charge in [0.25, 0.3) is 5.69 Å². The maximum atomic E-state index is 13.6. The van der Waals surface area contributed by atoms with Gasteiger partial charge in [0.2, 0.25) is 5.91 Å². The van der Waals surface area contributed by atoms with Crippen molar-refractivity contribution in [3.8, 4) is 0 Å². The fourth-order valence-electron chi connectivity index (χ4n) is 4.49. The molecule has 2 aromatic rings. The predicted octanol–water partition coefficient (Wildman–Crippen LogP) is 3.99. The van der Waals surface area contributed by atoms with Crippen molar-refractivity contribution < 1.29 is 14.5 Å². The molecule has 1 spiro atoms. The largest absolute Gasteiger partial charge is 0.361 e. The van der Waals surface area contributed by atoms with Crippen molar-refractivity contribution in [1.82, 2.24) is 4.98 Å². The van der Waals surface area contributed by atoms with Crippen LogP contribution in [0.4, 0.5) is 11.5 Å². The van der Waals surface area contributed by atoms with Gasteiger partial charge in [-0.05, 0) is 49.1 Å². The molecule has 1 aromatic heterocycles. The maximum Gasteiger partial charge on any atom is 0.272 e. The topological polar surface area (TPSA) is 85.6 Å². The molecule has 2 aliphatic rings. The number of ether oxygens (including phenoxy) is 1. The third-order valence-electron chi connectivity index (χ3n) is 6.13. The van der Waals surface area contributed by atoms with E-state index >= 15 is 0 Å². The van der Waals surface area contributed by atoms with Gasteiger partial charge in [-0.2, -0.15) is 0 Å². The first kappa shape index (κ1) is 20.7. The number of rotatable bonds is 6. The van der Waals surface area contributed by atoms with Crippen molar-refractivity contribution in [2.45, 2.75) is 50.9 Å². The van der Waals surface area contributed by atoms with Crippen LogP contribution in [0.15, 0.2) is 30.5 Å². The lowest BCUT2D eigenvalue weighted by atomic mass is 9.79. The molecule has 0 N–H and O–H groups in total. The van der Waals surface area contributed by atoms with Crippen LogP contribution in [0.3, 0.4) is 0 Å². The Morgan fingerprint density at radius 3 is 2.63 bits per heavy atom. The van der Waals surface area contributed by atoms with Crippen molar-refractivity contribution in [1.29, 1.82) is 0 Å². The first-order valence-corrected chi connectivity index (χ1v) is 14.0. The van der Waals surface area contributed by atoms with Crippen LogP contribution < -0.4 is 4.90 Å². The summed E-state index contributed by atoms with van der Waals surface area (Å²) < 4.78 is 5.88. The molecule has 0 radical (unpaired) electrons. The molecular formula is C22H27N3O4Si. The van der Waals surface area contributed by atoms with Gasteiger partial charge in [-0.15, -0.1) is 0 Å². The molecule has 0 bridgehead atoms. The number of fused-ring (bicyclic) bond motifs is 3. The van der Waals surface area contributed by atoms with Gasteiger partial charge in [0.05, 0.1) is 10.3 Å². The van der Waals surface area contributed by atoms with Gasteiger partial charge in [-0.1, -0.05) is 25.7 Å². The van der Waals surface area contributed by atoms with Gasteiger partial charge in [0.15, 0.2) is 0 Å². The Morgan fingerprint density at radius 1 is 1.27 bits per heavy atom. The maximum absolute atomic E-state index is 13.6. The number of pyridine rings is 1. The third-order valence-corrected chi connectivity index (χ3v) is 7.83. The minimum Gasteiger partial charge on any atom is -0.361 e. The molecule has 1 aliphatic carbocycles. The van der Waals surface area contributed by atoms with Crippen LogP contribution >= 0.6 is 0 Å². The van der Waals surface area contributed by atoms with E-state index in [4.69, 9.17) is 4.74 Å². The van der Waals surface area contributed by atoms with Crippen LogP contribution in [0.2, 0.25) is 25.7 Å². The van der Waals surface area contributed by atoms with Gasteiger partial charge in [0.1, 0.15) is 12.5 Å². The molecule has 1 aliphatic heterocycles. The van der Waals surface area contributed by atoms with E-state index in [-0.39, 0.29) is 23.2 Å². The summed E-state index contributed by atoms with van der Waals surface area (Å²) in [6, 6.07) is 8.33. The summed E-state index contributed by atoms with van der Waals surface area (Å²) in [6.07, 6.45) is 2.67. The summed E-state index contributed by atoms with van der Waals surface area (Å²) in [4.78, 5) is 30.8. The number of nitro groups is 1. The van der Waals surface area contributed by atoms with E-state index in [9.17, 15) is 14.9 Å². The fraction of sp³-hybridized carbons (Fsp3) is 0.455. The molecular weight excluding hydrogens is 398 g/mol. The molecule has 158 valence electrons. The highest BCUT2D eigenvalue weighted by molar-refractivity contribution is 6.76. The second-order valence-corrected chi connectivity index (χ2v) is 15.2. The number of anilines is 1. The highest BCUT2D eigenvalue weighted by atomic mass is 28.3. The number of carbonyl (C=O) groups excluding carboxylic acids is 1. The fourth-order valence-corrected chi connectivity index (χ4v) is 5.25. The van der Waals surface area contributed by atoms with Crippen LogP contribution in [-0.2, 0) is 27.8 Å². The Bertz CT molecular complexity index is 1030. The van der Waals surface area contributed by atoms with Crippen molar-refractivity contribution in [3.05, 3.63) is 62.8 Å². The number of aromatic nitrogens is 1. The second-order valence-electron chi connectivity index (χ2n) is 9.56. The Balaban J connectivity index is 1.63. The lowest BCUT2D eigenvalue weighted by Gasteiger charge is -2.23. The van der Waals surface area contributed by atoms with E-state index in [0.29, 0.717) is 30.8 Å². The van der Waals surface area contributed by atoms with Gasteiger partial charge in [0, 0.05) is 38.1 Å². The summed E-state index contributed by atoms with van der Waals surface area (Å²) in [5, 5.41) is 11.4. The predicted molar refractivity (Wildman–Crippen MR) is 118 cm³/mol. The third kappa shape index (κ3) is 3.44. The number of benzene rings is 1. The quantitative estimate of drug-likeness (QED) is 0.302. The van der Waals surface area contributed by atoms with Crippen molar-refractivity contribution in [2.24, 2.45) is 0 Å². The second kappa shape index (κ2) is 7.28. The van der Waals surface area contributed by atoms with Crippen molar-refractivity contribution in [2.75, 3.05) is 18.2 Å². The van der Waals surface area contributed by atoms with Gasteiger partial charge in [-0.25, -0.2) is 4.98 Å². The van der Waals surface area contributed by atoms with E-state index in [1.807, 2.05) is 18.2 Å². The van der Waals surface area contributed by atoms with Crippen LogP contribution in [0.5, 0.6) is 0 Å². The summed E-state index contributed by atoms with van der Waals surface area (Å²) in [6.45, 7) is 9.43. The van der Waals surface area contributed by atoms with Gasteiger partial charge in [-0.3, -0.25) is 19.8 Å². The molecule has 1 unspecified atom stereocenters. The van der Waals surface area contributed by atoms with E-state index in [2.05, 4.69) is 24.6 Å². The zero-order valence-electron chi connectivity index (χ0n) is 17.9. The minimum absolute atomic E-state index is 0.0271. The van der Waals surface area contributed by atoms with E-state index in [1.54, 1.807) is 24.1 Å². The Morgan fingerprint density at radius 2 is 1.97 bits per heavy atom. The van der Waals surface area contributed by atoms with Crippen LogP contribution in [0.1, 0.15) is 22.3 Å². The summed E-state index contributed by atoms with van der Waals surface area (Å²) in [5.74, 6) is 0.621. The highest BCUT2D eigenvalue weighted by Crippen LogP contribution is 2.49. The number of amides is 1. The lowest BCUT2D eigenvalue weighted by molar-refractivity contribution is -0.385. The molecule has 0 saturated heterocycles. The molecule has 7 nitrogen and oxygen atoms in total. The minimum atomic E-state index is -1.22. The zero-order valence-corrected chi connectivity index (χ0v) is 18.9. The number of nitrogens with zero attached hydrogens (tertiary/aromatic N) is 3. The molecule has 1 atom stereocenters. The average molecular weight is 426 g/mol. The molecule has 1 amide bonds. The SMILES string of the molecule is Cc1cc2c(cc1[N+](=O)[O-])CC1(C2)C(=O)N(COCC[Si](C)(C)C)c2ncccc21. The van der Waals surface area contributed by atoms with Crippen LogP contribution in [0, 0.1) is 17.0 Å². The number of hydrogen-bond donors (Lipinski definition) is 0. The molecule has 8 heteroatoms. The Kier molecular flexibility index (Phi) is 5.02. The lowest BCUT2D eigenvalue weighted by Crippen LogP contribution is -2.42. The van der Waals surface area contributed by atoms with Gasteiger partial charge >= 0.3 is 0 Å². The van der Waals surface area contributed by atoms with E-state index in [0.717, 1.165) is 22.7 Å². The highest BCUT2D eigenvalue weighted by Gasteiger charge is 2.54. The molecule has 4 rings (SSSR count). The van der Waals surface area contributed by atoms with E-state index in [1.165, 1.54) is 0 Å². The summed E-state index contributed by atoms with van der Waals surface area (Å²) >= 11 is 0. The Labute approximate surface area is 177 Å². The molecule has 0 fully saturated rings. The smallest absolute Gasteiger partial charge is 0.272 e. The molecule has 30 heavy (non-hydrogen) atoms. The Hall–Kier alpha value is -2.58. The summed E-state index contributed by atoms with van der Waals surface area (Å²) in [7, 11) is -1.22. The number of nitro benzene ring substituents is 1. The van der Waals surface area contributed by atoms with Crippen LogP contribution in [-0.4, -0.2) is 37.2 Å². The van der Waals surface area contributed by atoms with Crippen molar-refractivity contribution in [3.63, 3.8) is 0 Å². The normalized spacial score (nSPS) is 20.0. The van der Waals surface area contributed by atoms with Crippen LogP contribution in [0.25, 0.3) is 0 Å². The monoisotopic (exact) mass is 425 g/mol. The zero-order chi connectivity index (χ0) is 21.7. The van der Waals surface area contributed by atoms with Gasteiger partial charge < -0.3 is 4.74 Å². The average Bonchev–Trinajstić information content (AvgIpc) is 3.14. The van der Waals surface area contributed by atoms with Crippen molar-refractivity contribution >= 4 is 25.5 Å². The first-order valence-electron chi connectivity index (χ1n) is 10.2. The molecule has 2 heterocycles. The standard InChI is InChI=1S/C22H27N3O4Si/c1-15-10-16-12-22(13-17(16)11-19(15)25(27)28)18-6-5-7-23-20(18)24(21(22)26)14-29-8-9-30(2,3)4/h5-7,10-11H,8-9,12-14H2,1-4H3.